The van der Waals surface area contributed by atoms with Gasteiger partial charge < -0.3 is 9.64 Å². The number of hydrogen-bond acceptors (Lipinski definition) is 6. The lowest BCUT2D eigenvalue weighted by atomic mass is 10.1. The van der Waals surface area contributed by atoms with Crippen LogP contribution in [0.15, 0.2) is 30.3 Å². The smallest absolute Gasteiger partial charge is 0.346 e. The molecular formula is C22H23N4O6P. The van der Waals surface area contributed by atoms with E-state index in [9.17, 15) is 19.5 Å². The molecule has 1 amide bonds. The number of hydrogen-bond donors (Lipinski definition) is 0. The van der Waals surface area contributed by atoms with Crippen LogP contribution in [0.5, 0.6) is 11.5 Å². The lowest BCUT2D eigenvalue weighted by Gasteiger charge is -2.24. The molecule has 6 rings (SSSR count). The third kappa shape index (κ3) is 3.45. The molecule has 0 unspecified atom stereocenters. The number of ether oxygens (including phenoxy) is 1. The minimum absolute atomic E-state index is 0.0506. The molecule has 1 atom stereocenters. The van der Waals surface area contributed by atoms with Gasteiger partial charge in [-0.15, -0.1) is 0 Å². The van der Waals surface area contributed by atoms with E-state index in [0.717, 1.165) is 37.3 Å². The van der Waals surface area contributed by atoms with Gasteiger partial charge >= 0.3 is 13.4 Å². The molecule has 0 spiro atoms. The normalized spacial score (nSPS) is 21.8. The molecule has 2 aromatic carbocycles. The zero-order chi connectivity index (χ0) is 22.9. The molecule has 0 radical (unpaired) electrons. The standard InChI is InChI=1S/C22H23N4O6P/c1-23-13-14-12-15(2-3-16(14)22(23)27)31-21-18-5-7-20(17(18)4-6-19(21)26(28)29)32-33(30,24-8-9-24)25-10-11-25/h2-4,6,12,20H,5,7-11,13H2,1H3/t20-/m1/s1. The Morgan fingerprint density at radius 1 is 1.12 bits per heavy atom. The van der Waals surface area contributed by atoms with E-state index >= 15 is 0 Å². The van der Waals surface area contributed by atoms with Gasteiger partial charge in [-0.1, -0.05) is 0 Å². The van der Waals surface area contributed by atoms with Crippen molar-refractivity contribution in [3.05, 3.63) is 62.7 Å². The first kappa shape index (κ1) is 20.8. The van der Waals surface area contributed by atoms with Gasteiger partial charge in [0.25, 0.3) is 5.91 Å². The van der Waals surface area contributed by atoms with Crippen LogP contribution >= 0.6 is 7.67 Å². The van der Waals surface area contributed by atoms with Crippen molar-refractivity contribution in [1.82, 2.24) is 14.2 Å². The summed E-state index contributed by atoms with van der Waals surface area (Å²) in [7, 11) is -1.29. The van der Waals surface area contributed by atoms with Crippen molar-refractivity contribution in [2.75, 3.05) is 33.2 Å². The third-order valence-electron chi connectivity index (χ3n) is 6.58. The molecule has 10 nitrogen and oxygen atoms in total. The zero-order valence-corrected chi connectivity index (χ0v) is 19.0. The first-order valence-electron chi connectivity index (χ1n) is 11.0. The summed E-state index contributed by atoms with van der Waals surface area (Å²) in [5, 5.41) is 11.8. The zero-order valence-electron chi connectivity index (χ0n) is 18.1. The summed E-state index contributed by atoms with van der Waals surface area (Å²) >= 11 is 0. The average Bonchev–Trinajstić information content (AvgIpc) is 3.70. The van der Waals surface area contributed by atoms with E-state index in [2.05, 4.69) is 0 Å². The van der Waals surface area contributed by atoms with Gasteiger partial charge in [0, 0.05) is 57.0 Å². The van der Waals surface area contributed by atoms with Crippen LogP contribution in [-0.2, 0) is 22.1 Å². The Hall–Kier alpha value is -2.78. The molecule has 1 aliphatic carbocycles. The molecule has 0 aromatic heterocycles. The van der Waals surface area contributed by atoms with Gasteiger partial charge in [-0.3, -0.25) is 24.0 Å². The van der Waals surface area contributed by atoms with E-state index in [1.165, 1.54) is 6.07 Å². The highest BCUT2D eigenvalue weighted by Gasteiger charge is 2.51. The van der Waals surface area contributed by atoms with Crippen molar-refractivity contribution >= 4 is 19.3 Å². The summed E-state index contributed by atoms with van der Waals surface area (Å²) in [4.78, 5) is 25.1. The van der Waals surface area contributed by atoms with Crippen LogP contribution in [0, 0.1) is 10.1 Å². The second-order valence-corrected chi connectivity index (χ2v) is 11.2. The molecule has 2 fully saturated rings. The van der Waals surface area contributed by atoms with Crippen LogP contribution in [0.3, 0.4) is 0 Å². The molecule has 2 aromatic rings. The van der Waals surface area contributed by atoms with E-state index in [-0.39, 0.29) is 17.3 Å². The average molecular weight is 470 g/mol. The molecule has 0 N–H and O–H groups in total. The quantitative estimate of drug-likeness (QED) is 0.261. The number of nitro benzene ring substituents is 1. The van der Waals surface area contributed by atoms with Crippen LogP contribution in [-0.4, -0.2) is 58.3 Å². The van der Waals surface area contributed by atoms with Crippen molar-refractivity contribution in [3.8, 4) is 11.5 Å². The molecule has 33 heavy (non-hydrogen) atoms. The number of amides is 1. The van der Waals surface area contributed by atoms with Gasteiger partial charge in [0.1, 0.15) is 5.75 Å². The van der Waals surface area contributed by atoms with Crippen molar-refractivity contribution in [1.29, 1.82) is 0 Å². The maximum atomic E-state index is 13.5. The van der Waals surface area contributed by atoms with Gasteiger partial charge in [-0.05, 0) is 48.2 Å². The molecule has 3 heterocycles. The fraction of sp³-hybridized carbons (Fsp3) is 0.409. The summed E-state index contributed by atoms with van der Waals surface area (Å²) in [6.07, 6.45) is 0.715. The highest BCUT2D eigenvalue weighted by atomic mass is 31.2. The lowest BCUT2D eigenvalue weighted by Crippen LogP contribution is -2.17. The molecule has 11 heteroatoms. The van der Waals surface area contributed by atoms with E-state index < -0.39 is 18.7 Å². The molecular weight excluding hydrogens is 447 g/mol. The number of nitro groups is 1. The van der Waals surface area contributed by atoms with Crippen LogP contribution in [0.25, 0.3) is 0 Å². The second kappa shape index (κ2) is 7.36. The van der Waals surface area contributed by atoms with Crippen LogP contribution in [0.1, 0.15) is 39.6 Å². The summed E-state index contributed by atoms with van der Waals surface area (Å²) in [5.41, 5.74) is 2.83. The number of carbonyl (C=O) groups excluding carboxylic acids is 1. The van der Waals surface area contributed by atoms with Crippen LogP contribution in [0.2, 0.25) is 0 Å². The lowest BCUT2D eigenvalue weighted by molar-refractivity contribution is -0.385. The summed E-state index contributed by atoms with van der Waals surface area (Å²) in [5.74, 6) is 0.580. The Balaban J connectivity index is 1.33. The molecule has 3 aliphatic heterocycles. The molecule has 0 bridgehead atoms. The molecule has 4 aliphatic rings. The van der Waals surface area contributed by atoms with Crippen molar-refractivity contribution in [2.45, 2.75) is 25.5 Å². The minimum atomic E-state index is -3.02. The number of benzene rings is 2. The minimum Gasteiger partial charge on any atom is -0.450 e. The first-order valence-corrected chi connectivity index (χ1v) is 12.5. The largest absolute Gasteiger partial charge is 0.450 e. The highest BCUT2D eigenvalue weighted by Crippen LogP contribution is 2.64. The third-order valence-corrected chi connectivity index (χ3v) is 9.34. The molecule has 172 valence electrons. The highest BCUT2D eigenvalue weighted by molar-refractivity contribution is 7.54. The number of nitrogens with zero attached hydrogens (tertiary/aromatic N) is 4. The number of fused-ring (bicyclic) bond motifs is 2. The van der Waals surface area contributed by atoms with Gasteiger partial charge in [-0.25, -0.2) is 9.34 Å². The Bertz CT molecular complexity index is 1230. The topological polar surface area (TPSA) is 105 Å². The van der Waals surface area contributed by atoms with Crippen molar-refractivity contribution in [2.24, 2.45) is 0 Å². The fourth-order valence-electron chi connectivity index (χ4n) is 4.68. The van der Waals surface area contributed by atoms with E-state index in [0.29, 0.717) is 36.3 Å². The predicted molar refractivity (Wildman–Crippen MR) is 118 cm³/mol. The maximum absolute atomic E-state index is 13.5. The number of carbonyl (C=O) groups is 1. The Morgan fingerprint density at radius 2 is 1.85 bits per heavy atom. The van der Waals surface area contributed by atoms with Crippen molar-refractivity contribution in [3.63, 3.8) is 0 Å². The first-order chi connectivity index (χ1) is 15.8. The number of rotatable bonds is 7. The molecule has 0 saturated carbocycles. The van der Waals surface area contributed by atoms with E-state index in [1.807, 2.05) is 9.34 Å². The van der Waals surface area contributed by atoms with Gasteiger partial charge in [0.05, 0.1) is 11.0 Å². The van der Waals surface area contributed by atoms with E-state index in [1.54, 1.807) is 36.2 Å². The van der Waals surface area contributed by atoms with Gasteiger partial charge in [0.2, 0.25) is 5.75 Å². The van der Waals surface area contributed by atoms with Crippen molar-refractivity contribution < 1.29 is 23.5 Å². The van der Waals surface area contributed by atoms with Gasteiger partial charge in [0.15, 0.2) is 0 Å². The second-order valence-electron chi connectivity index (χ2n) is 8.85. The Morgan fingerprint density at radius 3 is 2.52 bits per heavy atom. The molecule has 2 saturated heterocycles. The van der Waals surface area contributed by atoms with Crippen LogP contribution < -0.4 is 4.74 Å². The maximum Gasteiger partial charge on any atom is 0.346 e. The van der Waals surface area contributed by atoms with Gasteiger partial charge in [-0.2, -0.15) is 0 Å². The summed E-state index contributed by atoms with van der Waals surface area (Å²) in [6.45, 7) is 3.52. The Kier molecular flexibility index (Phi) is 4.64. The monoisotopic (exact) mass is 470 g/mol. The SMILES string of the molecule is CN1Cc2cc(Oc3c([N+](=O)[O-])ccc4c3CC[C@H]4OP(=O)(N3CC3)N3CC3)ccc2C1=O. The summed E-state index contributed by atoms with van der Waals surface area (Å²) in [6, 6.07) is 8.25. The fourth-order valence-corrected chi connectivity index (χ4v) is 7.05. The van der Waals surface area contributed by atoms with Crippen LogP contribution in [0.4, 0.5) is 5.69 Å². The summed E-state index contributed by atoms with van der Waals surface area (Å²) < 4.78 is 29.5. The van der Waals surface area contributed by atoms with E-state index in [4.69, 9.17) is 9.26 Å². The Labute approximate surface area is 190 Å². The predicted octanol–water partition coefficient (Wildman–Crippen LogP) is 3.72.